The highest BCUT2D eigenvalue weighted by molar-refractivity contribution is 5.75. The van der Waals surface area contributed by atoms with E-state index < -0.39 is 11.6 Å². The molecule has 1 aliphatic heterocycles. The van der Waals surface area contributed by atoms with E-state index in [9.17, 15) is 13.6 Å². The maximum absolute atomic E-state index is 13.3. The van der Waals surface area contributed by atoms with Crippen LogP contribution in [0, 0.1) is 11.6 Å². The molecule has 0 unspecified atom stereocenters. The van der Waals surface area contributed by atoms with E-state index in [0.29, 0.717) is 24.9 Å². The second-order valence-corrected chi connectivity index (χ2v) is 7.85. The molecule has 31 heavy (non-hydrogen) atoms. The summed E-state index contributed by atoms with van der Waals surface area (Å²) in [6.07, 6.45) is 3.57. The number of piperidine rings is 1. The van der Waals surface area contributed by atoms with Crippen LogP contribution in [0.15, 0.2) is 47.4 Å². The number of nitrogens with zero attached hydrogens (tertiary/aromatic N) is 3. The van der Waals surface area contributed by atoms with Crippen LogP contribution in [-0.2, 0) is 13.1 Å². The van der Waals surface area contributed by atoms with E-state index in [-0.39, 0.29) is 5.56 Å². The van der Waals surface area contributed by atoms with Crippen LogP contribution in [0.5, 0.6) is 5.75 Å². The lowest BCUT2D eigenvalue weighted by Crippen LogP contribution is -2.43. The van der Waals surface area contributed by atoms with Gasteiger partial charge in [-0.3, -0.25) is 9.78 Å². The van der Waals surface area contributed by atoms with E-state index >= 15 is 0 Å². The van der Waals surface area contributed by atoms with E-state index in [0.717, 1.165) is 55.1 Å². The Hall–Kier alpha value is -2.84. The number of rotatable bonds is 7. The SMILES string of the molecule is COc1cnc2ccc(=O)n(CCN3CCC(NCc4ccc(F)c(F)c4)CC3)c2c1. The largest absolute Gasteiger partial charge is 0.495 e. The van der Waals surface area contributed by atoms with E-state index in [1.807, 2.05) is 6.07 Å². The molecule has 164 valence electrons. The average molecular weight is 428 g/mol. The Bertz CT molecular complexity index is 1110. The lowest BCUT2D eigenvalue weighted by molar-refractivity contribution is 0.191. The second kappa shape index (κ2) is 9.53. The fourth-order valence-electron chi connectivity index (χ4n) is 4.00. The highest BCUT2D eigenvalue weighted by Crippen LogP contribution is 2.17. The molecule has 2 aromatic heterocycles. The highest BCUT2D eigenvalue weighted by atomic mass is 19.2. The molecular weight excluding hydrogens is 402 g/mol. The smallest absolute Gasteiger partial charge is 0.251 e. The van der Waals surface area contributed by atoms with Crippen molar-refractivity contribution in [3.05, 3.63) is 70.1 Å². The van der Waals surface area contributed by atoms with Crippen molar-refractivity contribution in [1.29, 1.82) is 0 Å². The first-order chi connectivity index (χ1) is 15.0. The topological polar surface area (TPSA) is 59.4 Å². The zero-order valence-electron chi connectivity index (χ0n) is 17.5. The number of methoxy groups -OCH3 is 1. The van der Waals surface area contributed by atoms with E-state index in [1.54, 1.807) is 36.1 Å². The van der Waals surface area contributed by atoms with Crippen LogP contribution in [0.1, 0.15) is 18.4 Å². The summed E-state index contributed by atoms with van der Waals surface area (Å²) in [6, 6.07) is 9.47. The standard InChI is InChI=1S/C23H26F2N4O2/c1-31-18-13-22-21(27-15-18)4-5-23(30)29(22)11-10-28-8-6-17(7-9-28)26-14-16-2-3-19(24)20(25)12-16/h2-5,12-13,15,17,26H,6-11,14H2,1H3. The molecule has 1 fully saturated rings. The molecule has 3 aromatic rings. The summed E-state index contributed by atoms with van der Waals surface area (Å²) >= 11 is 0. The fraction of sp³-hybridized carbons (Fsp3) is 0.391. The molecule has 1 aromatic carbocycles. The highest BCUT2D eigenvalue weighted by Gasteiger charge is 2.19. The first-order valence-electron chi connectivity index (χ1n) is 10.5. The van der Waals surface area contributed by atoms with Crippen LogP contribution in [0.3, 0.4) is 0 Å². The van der Waals surface area contributed by atoms with Gasteiger partial charge in [-0.2, -0.15) is 0 Å². The molecule has 3 heterocycles. The minimum Gasteiger partial charge on any atom is -0.495 e. The molecule has 0 atom stereocenters. The normalized spacial score (nSPS) is 15.5. The third kappa shape index (κ3) is 5.08. The summed E-state index contributed by atoms with van der Waals surface area (Å²) in [7, 11) is 1.58. The second-order valence-electron chi connectivity index (χ2n) is 7.85. The summed E-state index contributed by atoms with van der Waals surface area (Å²) in [4.78, 5) is 19.1. The molecular formula is C23H26F2N4O2. The monoisotopic (exact) mass is 428 g/mol. The molecule has 0 bridgehead atoms. The molecule has 1 aliphatic rings. The molecule has 0 radical (unpaired) electrons. The summed E-state index contributed by atoms with van der Waals surface area (Å²) in [5.41, 5.74) is 2.22. The Morgan fingerprint density at radius 2 is 1.90 bits per heavy atom. The molecule has 6 nitrogen and oxygen atoms in total. The van der Waals surface area contributed by atoms with Gasteiger partial charge in [0.25, 0.3) is 5.56 Å². The molecule has 4 rings (SSSR count). The Morgan fingerprint density at radius 3 is 2.65 bits per heavy atom. The lowest BCUT2D eigenvalue weighted by Gasteiger charge is -2.32. The number of fused-ring (bicyclic) bond motifs is 1. The average Bonchev–Trinajstić information content (AvgIpc) is 2.79. The molecule has 1 N–H and O–H groups in total. The van der Waals surface area contributed by atoms with Gasteiger partial charge >= 0.3 is 0 Å². The summed E-state index contributed by atoms with van der Waals surface area (Å²) < 4.78 is 33.4. The quantitative estimate of drug-likeness (QED) is 0.627. The van der Waals surface area contributed by atoms with Crippen LogP contribution >= 0.6 is 0 Å². The maximum Gasteiger partial charge on any atom is 0.251 e. The predicted octanol–water partition coefficient (Wildman–Crippen LogP) is 2.94. The van der Waals surface area contributed by atoms with E-state index in [2.05, 4.69) is 15.2 Å². The summed E-state index contributed by atoms with van der Waals surface area (Å²) in [6.45, 7) is 3.69. The maximum atomic E-state index is 13.3. The van der Waals surface area contributed by atoms with Gasteiger partial charge in [0.1, 0.15) is 5.75 Å². The van der Waals surface area contributed by atoms with Crippen molar-refractivity contribution in [2.24, 2.45) is 0 Å². The van der Waals surface area contributed by atoms with Crippen molar-refractivity contribution in [3.63, 3.8) is 0 Å². The number of benzene rings is 1. The number of nitrogens with one attached hydrogen (secondary N) is 1. The van der Waals surface area contributed by atoms with Crippen LogP contribution in [0.2, 0.25) is 0 Å². The van der Waals surface area contributed by atoms with E-state index in [4.69, 9.17) is 4.74 Å². The van der Waals surface area contributed by atoms with Gasteiger partial charge in [0.2, 0.25) is 0 Å². The number of hydrogen-bond donors (Lipinski definition) is 1. The van der Waals surface area contributed by atoms with Crippen molar-refractivity contribution in [2.75, 3.05) is 26.7 Å². The van der Waals surface area contributed by atoms with Gasteiger partial charge in [0.15, 0.2) is 11.6 Å². The zero-order chi connectivity index (χ0) is 21.8. The van der Waals surface area contributed by atoms with Gasteiger partial charge in [-0.25, -0.2) is 8.78 Å². The van der Waals surface area contributed by atoms with Crippen LogP contribution in [0.25, 0.3) is 11.0 Å². The van der Waals surface area contributed by atoms with E-state index in [1.165, 1.54) is 6.07 Å². The van der Waals surface area contributed by atoms with Crippen molar-refractivity contribution in [1.82, 2.24) is 19.8 Å². The summed E-state index contributed by atoms with van der Waals surface area (Å²) in [5.74, 6) is -1.01. The Morgan fingerprint density at radius 1 is 1.10 bits per heavy atom. The molecule has 0 amide bonds. The lowest BCUT2D eigenvalue weighted by atomic mass is 10.0. The molecule has 0 aliphatic carbocycles. The number of ether oxygens (including phenoxy) is 1. The molecule has 8 heteroatoms. The van der Waals surface area contributed by atoms with Gasteiger partial charge in [0.05, 0.1) is 24.3 Å². The minimum absolute atomic E-state index is 0.0503. The number of hydrogen-bond acceptors (Lipinski definition) is 5. The molecule has 0 spiro atoms. The zero-order valence-corrected chi connectivity index (χ0v) is 17.5. The number of aromatic nitrogens is 2. The predicted molar refractivity (Wildman–Crippen MR) is 115 cm³/mol. The van der Waals surface area contributed by atoms with Crippen LogP contribution in [0.4, 0.5) is 8.78 Å². The Labute approximate surface area is 179 Å². The van der Waals surface area contributed by atoms with Crippen molar-refractivity contribution in [2.45, 2.75) is 32.0 Å². The van der Waals surface area contributed by atoms with Crippen LogP contribution in [-0.4, -0.2) is 47.2 Å². The molecule has 0 saturated carbocycles. The van der Waals surface area contributed by atoms with Gasteiger partial charge in [0, 0.05) is 37.8 Å². The van der Waals surface area contributed by atoms with Gasteiger partial charge < -0.3 is 19.5 Å². The van der Waals surface area contributed by atoms with Crippen LogP contribution < -0.4 is 15.6 Å². The van der Waals surface area contributed by atoms with Gasteiger partial charge in [-0.05, 0) is 49.7 Å². The number of halogens is 2. The van der Waals surface area contributed by atoms with Crippen molar-refractivity contribution in [3.8, 4) is 5.75 Å². The van der Waals surface area contributed by atoms with Crippen molar-refractivity contribution < 1.29 is 13.5 Å². The third-order valence-electron chi connectivity index (χ3n) is 5.85. The minimum atomic E-state index is -0.823. The first kappa shape index (κ1) is 21.4. The Balaban J connectivity index is 1.31. The van der Waals surface area contributed by atoms with Gasteiger partial charge in [-0.15, -0.1) is 0 Å². The first-order valence-corrected chi connectivity index (χ1v) is 10.5. The summed E-state index contributed by atoms with van der Waals surface area (Å²) in [5, 5.41) is 3.43. The molecule has 1 saturated heterocycles. The Kier molecular flexibility index (Phi) is 6.58. The number of likely N-dealkylation sites (tertiary alicyclic amines) is 1. The third-order valence-corrected chi connectivity index (χ3v) is 5.85. The number of pyridine rings is 2. The van der Waals surface area contributed by atoms with Crippen molar-refractivity contribution >= 4 is 11.0 Å². The fourth-order valence-corrected chi connectivity index (χ4v) is 4.00. The van der Waals surface area contributed by atoms with Gasteiger partial charge in [-0.1, -0.05) is 6.07 Å².